The summed E-state index contributed by atoms with van der Waals surface area (Å²) in [7, 11) is 0. The van der Waals surface area contributed by atoms with Crippen LogP contribution < -0.4 is 5.73 Å². The highest BCUT2D eigenvalue weighted by molar-refractivity contribution is 4.87. The minimum atomic E-state index is 0.723. The average Bonchev–Trinajstić information content (AvgIpc) is 2.54. The third-order valence-electron chi connectivity index (χ3n) is 5.63. The Hall–Kier alpha value is -0.120. The first-order valence-corrected chi connectivity index (χ1v) is 9.36. The van der Waals surface area contributed by atoms with E-state index < -0.39 is 0 Å². The molecule has 0 saturated heterocycles. The first kappa shape index (κ1) is 18.9. The van der Waals surface area contributed by atoms with Crippen LogP contribution >= 0.6 is 0 Å². The lowest BCUT2D eigenvalue weighted by molar-refractivity contribution is 0.0808. The largest absolute Gasteiger partial charge is 0.330 e. The summed E-state index contributed by atoms with van der Waals surface area (Å²) in [5.74, 6) is 1.65. The summed E-state index contributed by atoms with van der Waals surface area (Å²) in [6.45, 7) is 16.1. The third kappa shape index (κ3) is 5.88. The summed E-state index contributed by atoms with van der Waals surface area (Å²) < 4.78 is 0. The molecule has 0 spiro atoms. The summed E-state index contributed by atoms with van der Waals surface area (Å²) in [5, 5.41) is 0. The zero-order valence-corrected chi connectivity index (χ0v) is 15.0. The van der Waals surface area contributed by atoms with Gasteiger partial charge in [0.15, 0.2) is 0 Å². The molecule has 1 saturated carbocycles. The standard InChI is InChI=1S/C18H39N3/c1-5-16-10-11-17(15-19)18(14-16)21(8-4)13-9-12-20(6-2)7-3/h16-18H,5-15,19H2,1-4H3. The predicted octanol–water partition coefficient (Wildman–Crippen LogP) is 3.19. The van der Waals surface area contributed by atoms with Crippen molar-refractivity contribution < 1.29 is 0 Å². The van der Waals surface area contributed by atoms with E-state index in [-0.39, 0.29) is 0 Å². The molecular weight excluding hydrogens is 258 g/mol. The van der Waals surface area contributed by atoms with Crippen molar-refractivity contribution in [2.24, 2.45) is 17.6 Å². The first-order chi connectivity index (χ1) is 10.2. The van der Waals surface area contributed by atoms with Crippen LogP contribution in [0.3, 0.4) is 0 Å². The fourth-order valence-corrected chi connectivity index (χ4v) is 3.98. The molecule has 1 fully saturated rings. The number of nitrogens with zero attached hydrogens (tertiary/aromatic N) is 2. The molecule has 0 aromatic carbocycles. The number of hydrogen-bond acceptors (Lipinski definition) is 3. The van der Waals surface area contributed by atoms with Gasteiger partial charge in [0.2, 0.25) is 0 Å². The molecule has 3 heteroatoms. The summed E-state index contributed by atoms with van der Waals surface area (Å²) in [6, 6.07) is 0.732. The number of rotatable bonds is 10. The monoisotopic (exact) mass is 297 g/mol. The summed E-state index contributed by atoms with van der Waals surface area (Å²) >= 11 is 0. The predicted molar refractivity (Wildman–Crippen MR) is 93.6 cm³/mol. The molecular formula is C18H39N3. The Balaban J connectivity index is 2.50. The van der Waals surface area contributed by atoms with Crippen molar-refractivity contribution in [1.29, 1.82) is 0 Å². The van der Waals surface area contributed by atoms with E-state index in [1.807, 2.05) is 0 Å². The Bertz CT molecular complexity index is 253. The first-order valence-electron chi connectivity index (χ1n) is 9.36. The van der Waals surface area contributed by atoms with Gasteiger partial charge in [-0.1, -0.05) is 40.5 Å². The highest BCUT2D eigenvalue weighted by Crippen LogP contribution is 2.33. The van der Waals surface area contributed by atoms with Gasteiger partial charge in [0.25, 0.3) is 0 Å². The van der Waals surface area contributed by atoms with Crippen LogP contribution in [0.15, 0.2) is 0 Å². The fraction of sp³-hybridized carbons (Fsp3) is 1.00. The Morgan fingerprint density at radius 1 is 0.952 bits per heavy atom. The summed E-state index contributed by atoms with van der Waals surface area (Å²) in [4.78, 5) is 5.26. The van der Waals surface area contributed by atoms with Gasteiger partial charge < -0.3 is 15.5 Å². The highest BCUT2D eigenvalue weighted by atomic mass is 15.2. The Morgan fingerprint density at radius 3 is 2.19 bits per heavy atom. The van der Waals surface area contributed by atoms with Gasteiger partial charge in [-0.3, -0.25) is 0 Å². The van der Waals surface area contributed by atoms with Crippen molar-refractivity contribution >= 4 is 0 Å². The second-order valence-corrected chi connectivity index (χ2v) is 6.66. The molecule has 1 rings (SSSR count). The molecule has 0 amide bonds. The molecule has 3 nitrogen and oxygen atoms in total. The maximum atomic E-state index is 6.06. The molecule has 0 heterocycles. The average molecular weight is 298 g/mol. The lowest BCUT2D eigenvalue weighted by Gasteiger charge is -2.42. The highest BCUT2D eigenvalue weighted by Gasteiger charge is 2.32. The normalized spacial score (nSPS) is 26.7. The van der Waals surface area contributed by atoms with Crippen molar-refractivity contribution in [3.8, 4) is 0 Å². The van der Waals surface area contributed by atoms with Crippen molar-refractivity contribution in [2.75, 3.05) is 39.3 Å². The summed E-state index contributed by atoms with van der Waals surface area (Å²) in [5.41, 5.74) is 6.06. The van der Waals surface area contributed by atoms with E-state index in [1.54, 1.807) is 0 Å². The van der Waals surface area contributed by atoms with Crippen LogP contribution in [0.5, 0.6) is 0 Å². The molecule has 2 N–H and O–H groups in total. The molecule has 0 aliphatic heterocycles. The van der Waals surface area contributed by atoms with Gasteiger partial charge >= 0.3 is 0 Å². The molecule has 126 valence electrons. The van der Waals surface area contributed by atoms with Crippen molar-refractivity contribution in [2.45, 2.75) is 65.8 Å². The van der Waals surface area contributed by atoms with E-state index in [4.69, 9.17) is 5.73 Å². The SMILES string of the molecule is CCC1CCC(CN)C(N(CC)CCCN(CC)CC)C1. The molecule has 1 aliphatic carbocycles. The Kier molecular flexibility index (Phi) is 9.54. The van der Waals surface area contributed by atoms with E-state index in [2.05, 4.69) is 37.5 Å². The molecule has 3 unspecified atom stereocenters. The number of nitrogens with two attached hydrogens (primary N) is 1. The van der Waals surface area contributed by atoms with Crippen LogP contribution in [-0.2, 0) is 0 Å². The Labute approximate surface area is 133 Å². The fourth-order valence-electron chi connectivity index (χ4n) is 3.98. The van der Waals surface area contributed by atoms with Crippen LogP contribution in [0, 0.1) is 11.8 Å². The second-order valence-electron chi connectivity index (χ2n) is 6.66. The molecule has 0 bridgehead atoms. The zero-order chi connectivity index (χ0) is 15.7. The Morgan fingerprint density at radius 2 is 1.67 bits per heavy atom. The number of hydrogen-bond donors (Lipinski definition) is 1. The van der Waals surface area contributed by atoms with E-state index >= 15 is 0 Å². The van der Waals surface area contributed by atoms with Crippen molar-refractivity contribution in [3.63, 3.8) is 0 Å². The molecule has 3 atom stereocenters. The van der Waals surface area contributed by atoms with Crippen LogP contribution in [0.2, 0.25) is 0 Å². The van der Waals surface area contributed by atoms with Crippen molar-refractivity contribution in [1.82, 2.24) is 9.80 Å². The van der Waals surface area contributed by atoms with Crippen molar-refractivity contribution in [3.05, 3.63) is 0 Å². The quantitative estimate of drug-likeness (QED) is 0.672. The summed E-state index contributed by atoms with van der Waals surface area (Å²) in [6.07, 6.45) is 6.74. The second kappa shape index (κ2) is 10.6. The molecule has 0 radical (unpaired) electrons. The molecule has 21 heavy (non-hydrogen) atoms. The van der Waals surface area contributed by atoms with Gasteiger partial charge in [0.1, 0.15) is 0 Å². The van der Waals surface area contributed by atoms with Crippen LogP contribution in [0.25, 0.3) is 0 Å². The lowest BCUT2D eigenvalue weighted by atomic mass is 9.76. The van der Waals surface area contributed by atoms with E-state index in [1.165, 1.54) is 64.8 Å². The lowest BCUT2D eigenvalue weighted by Crippen LogP contribution is -2.47. The van der Waals surface area contributed by atoms with Gasteiger partial charge in [-0.2, -0.15) is 0 Å². The maximum Gasteiger partial charge on any atom is 0.0138 e. The minimum absolute atomic E-state index is 0.723. The van der Waals surface area contributed by atoms with E-state index in [9.17, 15) is 0 Å². The van der Waals surface area contributed by atoms with Gasteiger partial charge in [-0.25, -0.2) is 0 Å². The molecule has 0 aromatic rings. The molecule has 1 aliphatic rings. The minimum Gasteiger partial charge on any atom is -0.330 e. The van der Waals surface area contributed by atoms with Gasteiger partial charge in [0.05, 0.1) is 0 Å². The van der Waals surface area contributed by atoms with E-state index in [0.717, 1.165) is 24.4 Å². The maximum absolute atomic E-state index is 6.06. The van der Waals surface area contributed by atoms with Crippen LogP contribution in [-0.4, -0.2) is 55.1 Å². The van der Waals surface area contributed by atoms with Crippen LogP contribution in [0.4, 0.5) is 0 Å². The topological polar surface area (TPSA) is 32.5 Å². The molecule has 0 aromatic heterocycles. The zero-order valence-electron chi connectivity index (χ0n) is 15.0. The van der Waals surface area contributed by atoms with Crippen LogP contribution in [0.1, 0.15) is 59.8 Å². The smallest absolute Gasteiger partial charge is 0.0138 e. The van der Waals surface area contributed by atoms with E-state index in [0.29, 0.717) is 0 Å². The van der Waals surface area contributed by atoms with Gasteiger partial charge in [0, 0.05) is 6.04 Å². The third-order valence-corrected chi connectivity index (χ3v) is 5.63. The van der Waals surface area contributed by atoms with Gasteiger partial charge in [-0.15, -0.1) is 0 Å². The van der Waals surface area contributed by atoms with Gasteiger partial charge in [-0.05, 0) is 70.4 Å².